The van der Waals surface area contributed by atoms with Gasteiger partial charge in [-0.15, -0.1) is 11.3 Å². The zero-order valence-electron chi connectivity index (χ0n) is 11.1. The highest BCUT2D eigenvalue weighted by Gasteiger charge is 2.39. The van der Waals surface area contributed by atoms with Gasteiger partial charge in [0.05, 0.1) is 17.5 Å². The Kier molecular flexibility index (Phi) is 3.21. The highest BCUT2D eigenvalue weighted by molar-refractivity contribution is 7.12. The van der Waals surface area contributed by atoms with Crippen LogP contribution < -0.4 is 5.32 Å². The third-order valence-electron chi connectivity index (χ3n) is 3.64. The van der Waals surface area contributed by atoms with E-state index < -0.39 is 0 Å². The van der Waals surface area contributed by atoms with Crippen LogP contribution >= 0.6 is 11.3 Å². The zero-order valence-corrected chi connectivity index (χ0v) is 11.9. The fourth-order valence-corrected chi connectivity index (χ4v) is 3.51. The quantitative estimate of drug-likeness (QED) is 0.821. The lowest BCUT2D eigenvalue weighted by molar-refractivity contribution is -0.126. The molecule has 3 rings (SSSR count). The number of thiophene rings is 1. The van der Waals surface area contributed by atoms with E-state index in [0.29, 0.717) is 24.4 Å². The first-order chi connectivity index (χ1) is 9.56. The van der Waals surface area contributed by atoms with Gasteiger partial charge in [0.15, 0.2) is 0 Å². The van der Waals surface area contributed by atoms with Crippen molar-refractivity contribution in [3.63, 3.8) is 0 Å². The van der Waals surface area contributed by atoms with E-state index in [-0.39, 0.29) is 30.4 Å². The van der Waals surface area contributed by atoms with Crippen LogP contribution in [0.25, 0.3) is 0 Å². The van der Waals surface area contributed by atoms with Gasteiger partial charge in [-0.05, 0) is 30.4 Å². The monoisotopic (exact) mass is 293 g/mol. The molecule has 0 spiro atoms. The predicted octanol–water partition coefficient (Wildman–Crippen LogP) is 0.823. The number of aryl methyl sites for hydroxylation is 1. The summed E-state index contributed by atoms with van der Waals surface area (Å²) in [5.74, 6) is -0.223. The molecule has 6 nitrogen and oxygen atoms in total. The first kappa shape index (κ1) is 13.1. The van der Waals surface area contributed by atoms with Crippen LogP contribution in [0.5, 0.6) is 0 Å². The number of carbonyl (C=O) groups excluding carboxylic acids is 3. The van der Waals surface area contributed by atoms with E-state index >= 15 is 0 Å². The Hall–Kier alpha value is -1.89. The molecule has 1 aromatic rings. The van der Waals surface area contributed by atoms with Crippen LogP contribution in [-0.2, 0) is 4.79 Å². The minimum atomic E-state index is -0.346. The van der Waals surface area contributed by atoms with Crippen molar-refractivity contribution in [2.24, 2.45) is 0 Å². The Morgan fingerprint density at radius 3 is 2.85 bits per heavy atom. The number of hydrogen-bond donors (Lipinski definition) is 1. The summed E-state index contributed by atoms with van der Waals surface area (Å²) in [6, 6.07) is 1.32. The summed E-state index contributed by atoms with van der Waals surface area (Å²) in [6.07, 6.45) is 0.648. The number of carbonyl (C=O) groups is 3. The van der Waals surface area contributed by atoms with Gasteiger partial charge in [-0.2, -0.15) is 0 Å². The molecule has 4 amide bonds. The molecule has 0 aliphatic carbocycles. The summed E-state index contributed by atoms with van der Waals surface area (Å²) in [7, 11) is 0. The second-order valence-corrected chi connectivity index (χ2v) is 6.02. The van der Waals surface area contributed by atoms with Crippen molar-refractivity contribution in [1.29, 1.82) is 0 Å². The molecule has 20 heavy (non-hydrogen) atoms. The summed E-state index contributed by atoms with van der Waals surface area (Å²) in [5, 5.41) is 4.45. The van der Waals surface area contributed by atoms with Crippen molar-refractivity contribution in [1.82, 2.24) is 15.1 Å². The van der Waals surface area contributed by atoms with E-state index in [9.17, 15) is 14.4 Å². The van der Waals surface area contributed by atoms with E-state index in [1.54, 1.807) is 4.90 Å². The molecule has 2 aliphatic rings. The average molecular weight is 293 g/mol. The van der Waals surface area contributed by atoms with Crippen molar-refractivity contribution in [3.05, 3.63) is 21.9 Å². The molecule has 0 saturated carbocycles. The molecule has 2 fully saturated rings. The topological polar surface area (TPSA) is 69.7 Å². The highest BCUT2D eigenvalue weighted by atomic mass is 32.1. The smallest absolute Gasteiger partial charge is 0.324 e. The van der Waals surface area contributed by atoms with Gasteiger partial charge in [0.2, 0.25) is 5.91 Å². The van der Waals surface area contributed by atoms with E-state index in [2.05, 4.69) is 5.32 Å². The van der Waals surface area contributed by atoms with Gasteiger partial charge < -0.3 is 10.2 Å². The maximum Gasteiger partial charge on any atom is 0.324 e. The number of nitrogens with one attached hydrogen (secondary N) is 1. The van der Waals surface area contributed by atoms with Crippen LogP contribution in [0, 0.1) is 6.92 Å². The Balaban J connectivity index is 1.69. The molecule has 0 bridgehead atoms. The second kappa shape index (κ2) is 4.90. The number of urea groups is 1. The summed E-state index contributed by atoms with van der Waals surface area (Å²) in [5.41, 5.74) is 1.07. The fraction of sp³-hybridized carbons (Fsp3) is 0.462. The van der Waals surface area contributed by atoms with Gasteiger partial charge in [-0.3, -0.25) is 14.5 Å². The van der Waals surface area contributed by atoms with Crippen LogP contribution in [0.3, 0.4) is 0 Å². The van der Waals surface area contributed by atoms with Gasteiger partial charge in [0.1, 0.15) is 0 Å². The van der Waals surface area contributed by atoms with Gasteiger partial charge in [-0.25, -0.2) is 4.79 Å². The molecule has 7 heteroatoms. The Morgan fingerprint density at radius 2 is 2.25 bits per heavy atom. The van der Waals surface area contributed by atoms with Crippen molar-refractivity contribution < 1.29 is 14.4 Å². The van der Waals surface area contributed by atoms with Gasteiger partial charge in [-0.1, -0.05) is 0 Å². The van der Waals surface area contributed by atoms with E-state index in [1.807, 2.05) is 18.4 Å². The van der Waals surface area contributed by atoms with Crippen molar-refractivity contribution in [3.8, 4) is 0 Å². The Bertz CT molecular complexity index is 567. The normalized spacial score (nSPS) is 22.6. The zero-order chi connectivity index (χ0) is 14.3. The van der Waals surface area contributed by atoms with Crippen LogP contribution in [0.4, 0.5) is 4.79 Å². The summed E-state index contributed by atoms with van der Waals surface area (Å²) in [6.45, 7) is 3.02. The summed E-state index contributed by atoms with van der Waals surface area (Å²) < 4.78 is 0. The third-order valence-corrected chi connectivity index (χ3v) is 4.67. The van der Waals surface area contributed by atoms with Crippen molar-refractivity contribution >= 4 is 29.2 Å². The molecular weight excluding hydrogens is 278 g/mol. The van der Waals surface area contributed by atoms with Crippen LogP contribution in [0.15, 0.2) is 11.4 Å². The number of hydrogen-bond acceptors (Lipinski definition) is 4. The number of imide groups is 1. The number of nitrogens with zero attached hydrogens (tertiary/aromatic N) is 2. The molecule has 1 unspecified atom stereocenters. The minimum absolute atomic E-state index is 0.0161. The summed E-state index contributed by atoms with van der Waals surface area (Å²) in [4.78, 5) is 39.3. The molecule has 1 N–H and O–H groups in total. The molecule has 2 aliphatic heterocycles. The first-order valence-corrected chi connectivity index (χ1v) is 7.38. The maximum atomic E-state index is 12.3. The number of rotatable bonds is 2. The molecule has 2 saturated heterocycles. The standard InChI is InChI=1S/C13H15N3O3S/c1-8-4-10(20-7-8)12(18)15-3-2-9(6-15)16-11(17)5-14-13(16)19/h4,7,9H,2-3,5-6H2,1H3,(H,14,19). The Morgan fingerprint density at radius 1 is 1.45 bits per heavy atom. The third kappa shape index (κ3) is 2.18. The van der Waals surface area contributed by atoms with Gasteiger partial charge >= 0.3 is 6.03 Å². The van der Waals surface area contributed by atoms with Crippen LogP contribution in [0.1, 0.15) is 21.7 Å². The molecule has 106 valence electrons. The van der Waals surface area contributed by atoms with Crippen LogP contribution in [-0.4, -0.2) is 53.3 Å². The predicted molar refractivity (Wildman–Crippen MR) is 73.6 cm³/mol. The number of amides is 4. The molecule has 0 aromatic carbocycles. The van der Waals surface area contributed by atoms with Gasteiger partial charge in [0.25, 0.3) is 5.91 Å². The first-order valence-electron chi connectivity index (χ1n) is 6.50. The summed E-state index contributed by atoms with van der Waals surface area (Å²) >= 11 is 1.43. The second-order valence-electron chi connectivity index (χ2n) is 5.10. The fourth-order valence-electron chi connectivity index (χ4n) is 2.64. The lowest BCUT2D eigenvalue weighted by Crippen LogP contribution is -2.42. The van der Waals surface area contributed by atoms with E-state index in [4.69, 9.17) is 0 Å². The Labute approximate surface area is 120 Å². The number of likely N-dealkylation sites (tertiary alicyclic amines) is 1. The van der Waals surface area contributed by atoms with Crippen molar-refractivity contribution in [2.45, 2.75) is 19.4 Å². The van der Waals surface area contributed by atoms with E-state index in [0.717, 1.165) is 5.56 Å². The average Bonchev–Trinajstić information content (AvgIpc) is 3.10. The highest BCUT2D eigenvalue weighted by Crippen LogP contribution is 2.22. The maximum absolute atomic E-state index is 12.3. The SMILES string of the molecule is Cc1csc(C(=O)N2CCC(N3C(=O)CNC3=O)C2)c1. The molecule has 0 radical (unpaired) electrons. The molecule has 1 aromatic heterocycles. The van der Waals surface area contributed by atoms with E-state index in [1.165, 1.54) is 16.2 Å². The lowest BCUT2D eigenvalue weighted by Gasteiger charge is -2.21. The van der Waals surface area contributed by atoms with Gasteiger partial charge in [0, 0.05) is 13.1 Å². The molecule has 3 heterocycles. The largest absolute Gasteiger partial charge is 0.336 e. The molecular formula is C13H15N3O3S. The van der Waals surface area contributed by atoms with Crippen molar-refractivity contribution in [2.75, 3.05) is 19.6 Å². The lowest BCUT2D eigenvalue weighted by atomic mass is 10.2. The van der Waals surface area contributed by atoms with Crippen LogP contribution in [0.2, 0.25) is 0 Å². The molecule has 1 atom stereocenters. The minimum Gasteiger partial charge on any atom is -0.336 e.